The van der Waals surface area contributed by atoms with Gasteiger partial charge in [-0.1, -0.05) is 0 Å². The van der Waals surface area contributed by atoms with Crippen molar-refractivity contribution in [2.24, 2.45) is 0 Å². The second-order valence-electron chi connectivity index (χ2n) is 2.01. The Morgan fingerprint density at radius 1 is 1.09 bits per heavy atom. The Morgan fingerprint density at radius 2 is 1.64 bits per heavy atom. The van der Waals surface area contributed by atoms with Crippen LogP contribution in [0.2, 0.25) is 0 Å². The zero-order chi connectivity index (χ0) is 8.48. The fourth-order valence-corrected chi connectivity index (χ4v) is 1.53. The van der Waals surface area contributed by atoms with E-state index >= 15 is 0 Å². The summed E-state index contributed by atoms with van der Waals surface area (Å²) in [6.45, 7) is 0. The van der Waals surface area contributed by atoms with Gasteiger partial charge in [0.2, 0.25) is 0 Å². The molecule has 4 heteroatoms. The first-order valence-electron chi connectivity index (χ1n) is 2.87. The summed E-state index contributed by atoms with van der Waals surface area (Å²) in [6.07, 6.45) is -4.20. The molecule has 0 fully saturated rings. The molecule has 0 aliphatic heterocycles. The van der Waals surface area contributed by atoms with Crippen molar-refractivity contribution < 1.29 is 13.2 Å². The van der Waals surface area contributed by atoms with Crippen LogP contribution in [-0.2, 0) is 6.18 Å². The molecule has 0 spiro atoms. The van der Waals surface area contributed by atoms with Crippen LogP contribution in [-0.4, -0.2) is 23.0 Å². The van der Waals surface area contributed by atoms with E-state index in [0.29, 0.717) is 3.51 Å². The molecule has 0 N–H and O–H groups in total. The number of halogens is 3. The first kappa shape index (κ1) is 8.92. The molecule has 0 aliphatic carbocycles. The molecule has 0 heterocycles. The van der Waals surface area contributed by atoms with Crippen LogP contribution in [0.5, 0.6) is 0 Å². The van der Waals surface area contributed by atoms with Gasteiger partial charge in [0, 0.05) is 0 Å². The number of benzene rings is 1. The van der Waals surface area contributed by atoms with E-state index < -0.39 is 11.7 Å². The average molecular weight is 267 g/mol. The van der Waals surface area contributed by atoms with Gasteiger partial charge in [0.1, 0.15) is 0 Å². The van der Waals surface area contributed by atoms with Crippen LogP contribution in [0, 0.1) is 0 Å². The van der Waals surface area contributed by atoms with E-state index in [1.54, 1.807) is 6.07 Å². The molecule has 0 unspecified atom stereocenters. The van der Waals surface area contributed by atoms with Crippen LogP contribution in [0.3, 0.4) is 0 Å². The summed E-state index contributed by atoms with van der Waals surface area (Å²) in [5, 5.41) is 0. The molecular formula is C7H4F3Sb. The van der Waals surface area contributed by atoms with Crippen LogP contribution >= 0.6 is 0 Å². The van der Waals surface area contributed by atoms with E-state index in [0.717, 1.165) is 29.1 Å². The van der Waals surface area contributed by atoms with Crippen molar-refractivity contribution in [3.8, 4) is 0 Å². The van der Waals surface area contributed by atoms with Gasteiger partial charge in [0.05, 0.1) is 0 Å². The molecule has 0 bridgehead atoms. The van der Waals surface area contributed by atoms with Crippen LogP contribution in [0.4, 0.5) is 13.2 Å². The molecule has 0 aliphatic rings. The first-order chi connectivity index (χ1) is 5.02. The minimum absolute atomic E-state index is 0.314. The monoisotopic (exact) mass is 266 g/mol. The van der Waals surface area contributed by atoms with E-state index in [9.17, 15) is 13.2 Å². The second kappa shape index (κ2) is 3.06. The zero-order valence-corrected chi connectivity index (χ0v) is 7.94. The van der Waals surface area contributed by atoms with Crippen molar-refractivity contribution in [1.82, 2.24) is 0 Å². The molecule has 0 aromatic heterocycles. The number of alkyl halides is 3. The Labute approximate surface area is 75.9 Å². The van der Waals surface area contributed by atoms with Gasteiger partial charge in [-0.2, -0.15) is 0 Å². The second-order valence-corrected chi connectivity index (χ2v) is 3.39. The van der Waals surface area contributed by atoms with Crippen LogP contribution in [0.15, 0.2) is 24.3 Å². The molecule has 0 saturated carbocycles. The van der Waals surface area contributed by atoms with Crippen molar-refractivity contribution in [1.29, 1.82) is 0 Å². The molecule has 2 radical (unpaired) electrons. The first-order valence-corrected chi connectivity index (χ1v) is 4.14. The Morgan fingerprint density at radius 3 is 2.00 bits per heavy atom. The van der Waals surface area contributed by atoms with E-state index in [1.165, 1.54) is 12.1 Å². The van der Waals surface area contributed by atoms with Crippen LogP contribution in [0.25, 0.3) is 0 Å². The molecule has 0 nitrogen and oxygen atoms in total. The molecule has 11 heavy (non-hydrogen) atoms. The van der Waals surface area contributed by atoms with E-state index in [4.69, 9.17) is 0 Å². The molecule has 1 aromatic rings. The summed E-state index contributed by atoms with van der Waals surface area (Å²) in [5.74, 6) is 0. The average Bonchev–Trinajstić information content (AvgIpc) is 1.86. The quantitative estimate of drug-likeness (QED) is 0.625. The van der Waals surface area contributed by atoms with Gasteiger partial charge in [-0.25, -0.2) is 0 Å². The summed E-state index contributed by atoms with van der Waals surface area (Å²) < 4.78 is 36.5. The summed E-state index contributed by atoms with van der Waals surface area (Å²) in [5.41, 5.74) is -0.533. The molecule has 0 saturated heterocycles. The number of hydrogen-bond donors (Lipinski definition) is 0. The summed E-state index contributed by atoms with van der Waals surface area (Å²) in [6, 6.07) is 5.55. The summed E-state index contributed by atoms with van der Waals surface area (Å²) >= 11 is 1.08. The van der Waals surface area contributed by atoms with Crippen molar-refractivity contribution in [2.45, 2.75) is 6.18 Å². The SMILES string of the molecule is FC(F)(F)c1cccc[c]1[Sb]. The van der Waals surface area contributed by atoms with E-state index in [-0.39, 0.29) is 0 Å². The normalized spacial score (nSPS) is 11.6. The fraction of sp³-hybridized carbons (Fsp3) is 0.143. The molecule has 1 aromatic carbocycles. The van der Waals surface area contributed by atoms with Gasteiger partial charge in [0.25, 0.3) is 0 Å². The van der Waals surface area contributed by atoms with Gasteiger partial charge in [0.15, 0.2) is 0 Å². The number of hydrogen-bond acceptors (Lipinski definition) is 0. The minimum atomic E-state index is -4.20. The van der Waals surface area contributed by atoms with Crippen LogP contribution < -0.4 is 3.51 Å². The standard InChI is InChI=1S/C7H4F3.Sb/c8-7(9,10)6-4-2-1-3-5-6;/h1-4H;. The Bertz CT molecular complexity index is 254. The maximum atomic E-state index is 12.1. The van der Waals surface area contributed by atoms with Crippen molar-refractivity contribution in [2.75, 3.05) is 0 Å². The van der Waals surface area contributed by atoms with Crippen molar-refractivity contribution >= 4 is 26.5 Å². The third kappa shape index (κ3) is 2.13. The summed E-state index contributed by atoms with van der Waals surface area (Å²) in [4.78, 5) is 0. The Hall–Kier alpha value is -0.172. The number of rotatable bonds is 0. The van der Waals surface area contributed by atoms with Gasteiger partial charge in [-0.05, 0) is 0 Å². The Kier molecular flexibility index (Phi) is 2.48. The van der Waals surface area contributed by atoms with E-state index in [2.05, 4.69) is 0 Å². The van der Waals surface area contributed by atoms with Crippen molar-refractivity contribution in [3.63, 3.8) is 0 Å². The summed E-state index contributed by atoms with van der Waals surface area (Å²) in [7, 11) is 0. The molecule has 0 atom stereocenters. The van der Waals surface area contributed by atoms with Gasteiger partial charge in [-0.3, -0.25) is 0 Å². The third-order valence-corrected chi connectivity index (χ3v) is 2.32. The van der Waals surface area contributed by atoms with Gasteiger partial charge in [-0.15, -0.1) is 0 Å². The third-order valence-electron chi connectivity index (χ3n) is 1.21. The Balaban J connectivity index is 3.14. The zero-order valence-electron chi connectivity index (χ0n) is 5.39. The maximum absolute atomic E-state index is 12.1. The fourth-order valence-electron chi connectivity index (χ4n) is 0.713. The van der Waals surface area contributed by atoms with Crippen LogP contribution in [0.1, 0.15) is 5.56 Å². The topological polar surface area (TPSA) is 0 Å². The molecular weight excluding hydrogens is 263 g/mol. The van der Waals surface area contributed by atoms with Crippen molar-refractivity contribution in [3.05, 3.63) is 29.8 Å². The molecule has 58 valence electrons. The molecule has 0 amide bonds. The van der Waals surface area contributed by atoms with E-state index in [1.807, 2.05) is 0 Å². The van der Waals surface area contributed by atoms with Gasteiger partial charge < -0.3 is 0 Å². The molecule has 1 rings (SSSR count). The van der Waals surface area contributed by atoms with Gasteiger partial charge >= 0.3 is 75.7 Å². The predicted molar refractivity (Wildman–Crippen MR) is 36.8 cm³/mol. The predicted octanol–water partition coefficient (Wildman–Crippen LogP) is 1.50.